The van der Waals surface area contributed by atoms with E-state index in [0.29, 0.717) is 5.02 Å². The second-order valence-corrected chi connectivity index (χ2v) is 5.40. The van der Waals surface area contributed by atoms with Crippen molar-refractivity contribution < 1.29 is 19.2 Å². The summed E-state index contributed by atoms with van der Waals surface area (Å²) in [6.07, 6.45) is 0. The molecule has 0 radical (unpaired) electrons. The largest absolute Gasteiger partial charge is 0.452 e. The molecule has 1 N–H and O–H groups in total. The second kappa shape index (κ2) is 7.76. The molecular weight excluding hydrogens is 359 g/mol. The van der Waals surface area contributed by atoms with Crippen molar-refractivity contribution in [3.63, 3.8) is 0 Å². The van der Waals surface area contributed by atoms with Crippen molar-refractivity contribution >= 4 is 46.5 Å². The van der Waals surface area contributed by atoms with Gasteiger partial charge in [0.05, 0.1) is 21.2 Å². The first-order valence-corrected chi connectivity index (χ1v) is 7.29. The van der Waals surface area contributed by atoms with E-state index in [2.05, 4.69) is 5.32 Å². The van der Waals surface area contributed by atoms with Crippen molar-refractivity contribution in [2.24, 2.45) is 0 Å². The van der Waals surface area contributed by atoms with E-state index in [1.165, 1.54) is 30.3 Å². The molecule has 0 heterocycles. The molecule has 24 heavy (non-hydrogen) atoms. The molecule has 0 aliphatic rings. The number of amides is 1. The molecule has 2 rings (SSSR count). The average molecular weight is 369 g/mol. The van der Waals surface area contributed by atoms with E-state index in [0.717, 1.165) is 6.07 Å². The van der Waals surface area contributed by atoms with E-state index in [-0.39, 0.29) is 22.0 Å². The highest BCUT2D eigenvalue weighted by atomic mass is 35.5. The van der Waals surface area contributed by atoms with E-state index < -0.39 is 23.4 Å². The number of hydrogen-bond acceptors (Lipinski definition) is 5. The number of halogens is 2. The zero-order valence-electron chi connectivity index (χ0n) is 12.0. The van der Waals surface area contributed by atoms with Gasteiger partial charge in [0.25, 0.3) is 11.6 Å². The van der Waals surface area contributed by atoms with E-state index in [1.54, 1.807) is 6.07 Å². The van der Waals surface area contributed by atoms with Crippen LogP contribution < -0.4 is 5.32 Å². The maximum atomic E-state index is 11.8. The first-order valence-electron chi connectivity index (χ1n) is 6.53. The molecule has 7 nitrogen and oxygen atoms in total. The Hall–Kier alpha value is -2.64. The number of benzene rings is 2. The van der Waals surface area contributed by atoms with Crippen molar-refractivity contribution in [1.29, 1.82) is 0 Å². The van der Waals surface area contributed by atoms with E-state index in [1.807, 2.05) is 0 Å². The van der Waals surface area contributed by atoms with Crippen molar-refractivity contribution in [1.82, 2.24) is 0 Å². The molecule has 1 amide bonds. The third-order valence-corrected chi connectivity index (χ3v) is 3.39. The summed E-state index contributed by atoms with van der Waals surface area (Å²) in [5, 5.41) is 13.8. The van der Waals surface area contributed by atoms with Crippen LogP contribution in [0.2, 0.25) is 10.0 Å². The number of hydrogen-bond donors (Lipinski definition) is 1. The molecule has 0 spiro atoms. The molecule has 0 saturated carbocycles. The van der Waals surface area contributed by atoms with Gasteiger partial charge in [-0.25, -0.2) is 4.79 Å². The van der Waals surface area contributed by atoms with Gasteiger partial charge in [-0.2, -0.15) is 0 Å². The maximum Gasteiger partial charge on any atom is 0.338 e. The Morgan fingerprint density at radius 1 is 1.17 bits per heavy atom. The fourth-order valence-electron chi connectivity index (χ4n) is 1.74. The number of ether oxygens (including phenoxy) is 1. The summed E-state index contributed by atoms with van der Waals surface area (Å²) < 4.78 is 4.82. The summed E-state index contributed by atoms with van der Waals surface area (Å²) in [6, 6.07) is 9.51. The van der Waals surface area contributed by atoms with Gasteiger partial charge in [0, 0.05) is 17.2 Å². The smallest absolute Gasteiger partial charge is 0.338 e. The van der Waals surface area contributed by atoms with Crippen LogP contribution in [0.4, 0.5) is 11.4 Å². The molecule has 0 saturated heterocycles. The van der Waals surface area contributed by atoms with Crippen LogP contribution in [0.1, 0.15) is 10.4 Å². The van der Waals surface area contributed by atoms with Crippen LogP contribution in [-0.2, 0) is 9.53 Å². The fraction of sp³-hybridized carbons (Fsp3) is 0.0667. The number of nitrogens with one attached hydrogen (secondary N) is 1. The third kappa shape index (κ3) is 4.68. The van der Waals surface area contributed by atoms with E-state index in [9.17, 15) is 19.7 Å². The molecule has 0 bridgehead atoms. The molecule has 2 aromatic carbocycles. The molecule has 0 aliphatic carbocycles. The van der Waals surface area contributed by atoms with Crippen molar-refractivity contribution in [3.05, 3.63) is 68.2 Å². The first-order chi connectivity index (χ1) is 11.4. The van der Waals surface area contributed by atoms with Crippen LogP contribution in [0, 0.1) is 10.1 Å². The number of nitro benzene ring substituents is 1. The van der Waals surface area contributed by atoms with Crippen LogP contribution in [0.5, 0.6) is 0 Å². The van der Waals surface area contributed by atoms with Gasteiger partial charge in [-0.1, -0.05) is 29.3 Å². The van der Waals surface area contributed by atoms with Crippen molar-refractivity contribution in [3.8, 4) is 0 Å². The molecule has 0 unspecified atom stereocenters. The minimum atomic E-state index is -0.856. The van der Waals surface area contributed by atoms with Gasteiger partial charge in [-0.15, -0.1) is 0 Å². The van der Waals surface area contributed by atoms with Gasteiger partial charge in [0.2, 0.25) is 0 Å². The van der Waals surface area contributed by atoms with Crippen molar-refractivity contribution in [2.45, 2.75) is 0 Å². The Kier molecular flexibility index (Phi) is 5.73. The standard InChI is InChI=1S/C15H10Cl2N2O5/c16-10-4-5-12(17)13(7-10)18-14(20)8-24-15(21)9-2-1-3-11(6-9)19(22)23/h1-7H,8H2,(H,18,20). The summed E-state index contributed by atoms with van der Waals surface area (Å²) >= 11 is 11.7. The lowest BCUT2D eigenvalue weighted by Crippen LogP contribution is -2.21. The number of anilines is 1. The van der Waals surface area contributed by atoms with Gasteiger partial charge in [-0.3, -0.25) is 14.9 Å². The zero-order valence-corrected chi connectivity index (χ0v) is 13.5. The predicted octanol–water partition coefficient (Wildman–Crippen LogP) is 3.70. The second-order valence-electron chi connectivity index (χ2n) is 4.56. The highest BCUT2D eigenvalue weighted by Crippen LogP contribution is 2.25. The maximum absolute atomic E-state index is 11.8. The lowest BCUT2D eigenvalue weighted by Gasteiger charge is -2.08. The van der Waals surface area contributed by atoms with E-state index >= 15 is 0 Å². The lowest BCUT2D eigenvalue weighted by molar-refractivity contribution is -0.384. The number of nitrogens with zero attached hydrogens (tertiary/aromatic N) is 1. The molecular formula is C15H10Cl2N2O5. The minimum absolute atomic E-state index is 0.0298. The molecule has 124 valence electrons. The van der Waals surface area contributed by atoms with Crippen LogP contribution >= 0.6 is 23.2 Å². The molecule has 0 aliphatic heterocycles. The molecule has 2 aromatic rings. The van der Waals surface area contributed by atoms with Crippen LogP contribution in [0.25, 0.3) is 0 Å². The summed E-state index contributed by atoms with van der Waals surface area (Å²) in [7, 11) is 0. The number of esters is 1. The Labute approximate surface area is 146 Å². The summed E-state index contributed by atoms with van der Waals surface area (Å²) in [6.45, 7) is -0.579. The number of carbonyl (C=O) groups excluding carboxylic acids is 2. The van der Waals surface area contributed by atoms with Gasteiger partial charge >= 0.3 is 5.97 Å². The first kappa shape index (κ1) is 17.7. The summed E-state index contributed by atoms with van der Waals surface area (Å²) in [4.78, 5) is 33.7. The van der Waals surface area contributed by atoms with Gasteiger partial charge in [0.15, 0.2) is 6.61 Å². The highest BCUT2D eigenvalue weighted by Gasteiger charge is 2.14. The third-order valence-electron chi connectivity index (χ3n) is 2.83. The fourth-order valence-corrected chi connectivity index (χ4v) is 2.08. The SMILES string of the molecule is O=C(COC(=O)c1cccc([N+](=O)[O-])c1)Nc1cc(Cl)ccc1Cl. The van der Waals surface area contributed by atoms with E-state index in [4.69, 9.17) is 27.9 Å². The molecule has 0 aromatic heterocycles. The number of rotatable bonds is 5. The lowest BCUT2D eigenvalue weighted by atomic mass is 10.2. The number of nitro groups is 1. The minimum Gasteiger partial charge on any atom is -0.452 e. The van der Waals surface area contributed by atoms with Crippen molar-refractivity contribution in [2.75, 3.05) is 11.9 Å². The predicted molar refractivity (Wildman–Crippen MR) is 88.5 cm³/mol. The summed E-state index contributed by atoms with van der Waals surface area (Å²) in [5.74, 6) is -1.48. The van der Waals surface area contributed by atoms with Gasteiger partial charge in [0.1, 0.15) is 0 Å². The molecule has 0 fully saturated rings. The normalized spacial score (nSPS) is 10.1. The number of carbonyl (C=O) groups is 2. The Balaban J connectivity index is 1.96. The van der Waals surface area contributed by atoms with Crippen LogP contribution in [-0.4, -0.2) is 23.4 Å². The quantitative estimate of drug-likeness (QED) is 0.492. The number of non-ortho nitro benzene ring substituents is 1. The van der Waals surface area contributed by atoms with Gasteiger partial charge in [-0.05, 0) is 24.3 Å². The molecule has 9 heteroatoms. The Bertz CT molecular complexity index is 810. The highest BCUT2D eigenvalue weighted by molar-refractivity contribution is 6.35. The Morgan fingerprint density at radius 2 is 1.92 bits per heavy atom. The monoisotopic (exact) mass is 368 g/mol. The average Bonchev–Trinajstić information content (AvgIpc) is 2.56. The van der Waals surface area contributed by atoms with Crippen LogP contribution in [0.15, 0.2) is 42.5 Å². The van der Waals surface area contributed by atoms with Crippen LogP contribution in [0.3, 0.4) is 0 Å². The molecule has 0 atom stereocenters. The summed E-state index contributed by atoms with van der Waals surface area (Å²) in [5.41, 5.74) is -0.00189. The van der Waals surface area contributed by atoms with Gasteiger partial charge < -0.3 is 10.1 Å². The Morgan fingerprint density at radius 3 is 2.62 bits per heavy atom. The zero-order chi connectivity index (χ0) is 17.7. The topological polar surface area (TPSA) is 98.5 Å².